The summed E-state index contributed by atoms with van der Waals surface area (Å²) < 4.78 is 36.0. The van der Waals surface area contributed by atoms with Crippen LogP contribution in [0.5, 0.6) is 0 Å². The number of nitro groups is 1. The van der Waals surface area contributed by atoms with Crippen LogP contribution in [0, 0.1) is 10.1 Å². The molecule has 86 valence electrons. The van der Waals surface area contributed by atoms with Gasteiger partial charge in [0.15, 0.2) is 9.84 Å². The van der Waals surface area contributed by atoms with Gasteiger partial charge in [-0.25, -0.2) is 12.8 Å². The number of sulfone groups is 1. The number of rotatable bonds is 3. The van der Waals surface area contributed by atoms with E-state index in [1.54, 1.807) is 0 Å². The van der Waals surface area contributed by atoms with Crippen LogP contribution in [0.15, 0.2) is 29.2 Å². The third-order valence-electron chi connectivity index (χ3n) is 2.43. The third-order valence-corrected chi connectivity index (χ3v) is 4.65. The molecule has 0 aromatic heterocycles. The smallest absolute Gasteiger partial charge is 0.258 e. The summed E-state index contributed by atoms with van der Waals surface area (Å²) in [4.78, 5) is 9.67. The molecule has 16 heavy (non-hydrogen) atoms. The van der Waals surface area contributed by atoms with Gasteiger partial charge in [-0.05, 0) is 18.6 Å². The Morgan fingerprint density at radius 1 is 1.31 bits per heavy atom. The highest BCUT2D eigenvalue weighted by Crippen LogP contribution is 2.37. The van der Waals surface area contributed by atoms with E-state index >= 15 is 0 Å². The van der Waals surface area contributed by atoms with Crippen LogP contribution >= 0.6 is 0 Å². The number of benzene rings is 1. The van der Waals surface area contributed by atoms with Crippen LogP contribution in [-0.2, 0) is 9.84 Å². The Labute approximate surface area is 91.0 Å². The molecule has 2 atom stereocenters. The van der Waals surface area contributed by atoms with E-state index in [0.29, 0.717) is 0 Å². The summed E-state index contributed by atoms with van der Waals surface area (Å²) in [6, 6.07) is 4.47. The van der Waals surface area contributed by atoms with E-state index in [4.69, 9.17) is 0 Å². The molecule has 1 fully saturated rings. The predicted octanol–water partition coefficient (Wildman–Crippen LogP) is 1.48. The van der Waals surface area contributed by atoms with Crippen molar-refractivity contribution in [1.29, 1.82) is 0 Å². The Morgan fingerprint density at radius 3 is 2.19 bits per heavy atom. The summed E-state index contributed by atoms with van der Waals surface area (Å²) in [5.41, 5.74) is -0.188. The molecular weight excluding hydrogens is 237 g/mol. The molecule has 7 heteroatoms. The van der Waals surface area contributed by atoms with Gasteiger partial charge in [0.25, 0.3) is 5.69 Å². The number of hydrogen-bond donors (Lipinski definition) is 0. The van der Waals surface area contributed by atoms with Gasteiger partial charge in [-0.15, -0.1) is 0 Å². The van der Waals surface area contributed by atoms with Crippen molar-refractivity contribution < 1.29 is 17.7 Å². The minimum atomic E-state index is -3.66. The maximum Gasteiger partial charge on any atom is 0.269 e. The van der Waals surface area contributed by atoms with Gasteiger partial charge in [-0.2, -0.15) is 0 Å². The lowest BCUT2D eigenvalue weighted by Gasteiger charge is -2.01. The molecule has 0 spiro atoms. The summed E-state index contributed by atoms with van der Waals surface area (Å²) in [5.74, 6) is 0. The van der Waals surface area contributed by atoms with E-state index in [2.05, 4.69) is 0 Å². The molecule has 0 bridgehead atoms. The second kappa shape index (κ2) is 3.51. The molecule has 1 aliphatic carbocycles. The van der Waals surface area contributed by atoms with E-state index in [-0.39, 0.29) is 17.0 Å². The van der Waals surface area contributed by atoms with Crippen molar-refractivity contribution in [3.05, 3.63) is 34.4 Å². The largest absolute Gasteiger partial charge is 0.269 e. The quantitative estimate of drug-likeness (QED) is 0.597. The zero-order valence-electron chi connectivity index (χ0n) is 8.04. The van der Waals surface area contributed by atoms with Crippen molar-refractivity contribution >= 4 is 15.5 Å². The first-order chi connectivity index (χ1) is 7.43. The number of non-ortho nitro benzene ring substituents is 1. The average molecular weight is 245 g/mol. The Hall–Kier alpha value is -1.50. The fourth-order valence-corrected chi connectivity index (χ4v) is 3.09. The molecule has 1 saturated carbocycles. The number of nitrogens with zero attached hydrogens (tertiary/aromatic N) is 1. The van der Waals surface area contributed by atoms with Crippen LogP contribution in [0.2, 0.25) is 0 Å². The highest BCUT2D eigenvalue weighted by molar-refractivity contribution is 7.92. The Bertz CT molecular complexity index is 525. The van der Waals surface area contributed by atoms with E-state index in [1.165, 1.54) is 0 Å². The van der Waals surface area contributed by atoms with Crippen LogP contribution < -0.4 is 0 Å². The summed E-state index contributed by atoms with van der Waals surface area (Å²) in [7, 11) is -3.66. The zero-order chi connectivity index (χ0) is 11.9. The third kappa shape index (κ3) is 1.78. The van der Waals surface area contributed by atoms with Crippen LogP contribution in [0.1, 0.15) is 6.42 Å². The van der Waals surface area contributed by atoms with Crippen LogP contribution in [0.4, 0.5) is 10.1 Å². The number of nitro benzene ring substituents is 1. The number of hydrogen-bond acceptors (Lipinski definition) is 4. The van der Waals surface area contributed by atoms with Gasteiger partial charge in [-0.1, -0.05) is 0 Å². The molecule has 1 aliphatic rings. The Morgan fingerprint density at radius 2 is 1.81 bits per heavy atom. The standard InChI is InChI=1S/C9H8FNO4S/c10-8-5-9(8)16(14,15)7-3-1-6(2-4-7)11(12)13/h1-4,8-9H,5H2/t8-,9-/m1/s1. The minimum Gasteiger partial charge on any atom is -0.258 e. The first kappa shape index (κ1) is 11.0. The average Bonchev–Trinajstić information content (AvgIpc) is 2.96. The molecule has 0 saturated heterocycles. The topological polar surface area (TPSA) is 77.3 Å². The summed E-state index contributed by atoms with van der Waals surface area (Å²) in [6.07, 6.45) is -1.29. The maximum absolute atomic E-state index is 12.7. The lowest BCUT2D eigenvalue weighted by atomic mass is 10.3. The molecule has 0 N–H and O–H groups in total. The molecule has 0 aliphatic heterocycles. The van der Waals surface area contributed by atoms with E-state index in [9.17, 15) is 22.9 Å². The van der Waals surface area contributed by atoms with Gasteiger partial charge in [0.05, 0.1) is 15.1 Å². The molecule has 1 aromatic carbocycles. The molecular formula is C9H8FNO4S. The number of alkyl halides is 1. The highest BCUT2D eigenvalue weighted by Gasteiger charge is 2.48. The van der Waals surface area contributed by atoms with Gasteiger partial charge in [0, 0.05) is 12.1 Å². The molecule has 0 radical (unpaired) electrons. The van der Waals surface area contributed by atoms with E-state index in [0.717, 1.165) is 24.3 Å². The second-order valence-electron chi connectivity index (χ2n) is 3.59. The van der Waals surface area contributed by atoms with Crippen molar-refractivity contribution in [2.45, 2.75) is 22.7 Å². The normalized spacial score (nSPS) is 24.1. The zero-order valence-corrected chi connectivity index (χ0v) is 8.85. The van der Waals surface area contributed by atoms with Gasteiger partial charge in [-0.3, -0.25) is 10.1 Å². The summed E-state index contributed by atoms with van der Waals surface area (Å²) >= 11 is 0. The van der Waals surface area contributed by atoms with E-state index in [1.807, 2.05) is 0 Å². The number of halogens is 1. The molecule has 5 nitrogen and oxygen atoms in total. The van der Waals surface area contributed by atoms with Crippen LogP contribution in [0.25, 0.3) is 0 Å². The minimum absolute atomic E-state index is 0.0132. The first-order valence-electron chi connectivity index (χ1n) is 4.55. The van der Waals surface area contributed by atoms with Crippen molar-refractivity contribution in [3.63, 3.8) is 0 Å². The lowest BCUT2D eigenvalue weighted by Crippen LogP contribution is -2.09. The van der Waals surface area contributed by atoms with Crippen LogP contribution in [-0.4, -0.2) is 24.8 Å². The van der Waals surface area contributed by atoms with Crippen molar-refractivity contribution in [2.24, 2.45) is 0 Å². The lowest BCUT2D eigenvalue weighted by molar-refractivity contribution is -0.384. The summed E-state index contributed by atoms with van der Waals surface area (Å²) in [6.45, 7) is 0. The molecule has 0 unspecified atom stereocenters. The van der Waals surface area contributed by atoms with Crippen LogP contribution in [0.3, 0.4) is 0 Å². The van der Waals surface area contributed by atoms with Crippen molar-refractivity contribution in [3.8, 4) is 0 Å². The molecule has 0 amide bonds. The van der Waals surface area contributed by atoms with Gasteiger partial charge in [0.2, 0.25) is 0 Å². The highest BCUT2D eigenvalue weighted by atomic mass is 32.2. The monoisotopic (exact) mass is 245 g/mol. The maximum atomic E-state index is 12.7. The van der Waals surface area contributed by atoms with Gasteiger partial charge < -0.3 is 0 Å². The van der Waals surface area contributed by atoms with E-state index < -0.39 is 26.2 Å². The van der Waals surface area contributed by atoms with Gasteiger partial charge >= 0.3 is 0 Å². The molecule has 2 rings (SSSR count). The predicted molar refractivity (Wildman–Crippen MR) is 53.6 cm³/mol. The molecule has 0 heterocycles. The molecule has 1 aromatic rings. The Kier molecular flexibility index (Phi) is 2.42. The Balaban J connectivity index is 2.32. The second-order valence-corrected chi connectivity index (χ2v) is 5.75. The first-order valence-corrected chi connectivity index (χ1v) is 6.10. The SMILES string of the molecule is O=[N+]([O-])c1ccc(S(=O)(=O)[C@@H]2C[C@H]2F)cc1. The van der Waals surface area contributed by atoms with Gasteiger partial charge in [0.1, 0.15) is 6.17 Å². The van der Waals surface area contributed by atoms with Crippen molar-refractivity contribution in [2.75, 3.05) is 0 Å². The fourth-order valence-electron chi connectivity index (χ4n) is 1.40. The fraction of sp³-hybridized carbons (Fsp3) is 0.333. The summed E-state index contributed by atoms with van der Waals surface area (Å²) in [5, 5.41) is 9.38. The van der Waals surface area contributed by atoms with Crippen molar-refractivity contribution in [1.82, 2.24) is 0 Å².